The average molecular weight is 355 g/mol. The molecule has 0 aliphatic carbocycles. The molecule has 0 atom stereocenters. The predicted octanol–water partition coefficient (Wildman–Crippen LogP) is 2.42. The highest BCUT2D eigenvalue weighted by molar-refractivity contribution is 7.91. The molecule has 1 aromatic heterocycles. The summed E-state index contributed by atoms with van der Waals surface area (Å²) in [6.07, 6.45) is 0. The molecule has 1 N–H and O–H groups in total. The Kier molecular flexibility index (Phi) is 4.01. The zero-order valence-electron chi connectivity index (χ0n) is 14.1. The van der Waals surface area contributed by atoms with Crippen molar-refractivity contribution in [3.05, 3.63) is 54.6 Å². The van der Waals surface area contributed by atoms with Crippen molar-refractivity contribution in [2.45, 2.75) is 9.92 Å². The molecule has 4 rings (SSSR count). The van der Waals surface area contributed by atoms with Crippen LogP contribution < -0.4 is 10.2 Å². The molecule has 0 bridgehead atoms. The summed E-state index contributed by atoms with van der Waals surface area (Å²) in [5.41, 5.74) is 2.04. The van der Waals surface area contributed by atoms with Crippen molar-refractivity contribution in [1.82, 2.24) is 9.88 Å². The lowest BCUT2D eigenvalue weighted by molar-refractivity contribution is 0.587. The average Bonchev–Trinajstić information content (AvgIpc) is 3.01. The predicted molar refractivity (Wildman–Crippen MR) is 99.9 cm³/mol. The highest BCUT2D eigenvalue weighted by Gasteiger charge is 2.24. The van der Waals surface area contributed by atoms with E-state index < -0.39 is 9.84 Å². The van der Waals surface area contributed by atoms with Gasteiger partial charge in [0.25, 0.3) is 0 Å². The summed E-state index contributed by atoms with van der Waals surface area (Å²) >= 11 is 0. The molecule has 1 saturated heterocycles. The molecule has 0 spiro atoms. The molecule has 0 amide bonds. The minimum atomic E-state index is -3.55. The fourth-order valence-electron chi connectivity index (χ4n) is 3.48. The van der Waals surface area contributed by atoms with Gasteiger partial charge in [-0.3, -0.25) is 0 Å². The van der Waals surface area contributed by atoms with Gasteiger partial charge in [0.1, 0.15) is 5.03 Å². The largest absolute Gasteiger partial charge is 0.368 e. The number of nitrogens with one attached hydrogen (secondary N) is 1. The lowest BCUT2D eigenvalue weighted by Crippen LogP contribution is -2.43. The van der Waals surface area contributed by atoms with Gasteiger partial charge in [-0.1, -0.05) is 24.3 Å². The van der Waals surface area contributed by atoms with Crippen LogP contribution in [0.2, 0.25) is 0 Å². The van der Waals surface area contributed by atoms with Crippen LogP contribution in [0.4, 0.5) is 5.69 Å². The van der Waals surface area contributed by atoms with Crippen LogP contribution in [0.25, 0.3) is 10.9 Å². The summed E-state index contributed by atoms with van der Waals surface area (Å²) in [5.74, 6) is 0. The summed E-state index contributed by atoms with van der Waals surface area (Å²) in [7, 11) is -1.73. The first kappa shape index (κ1) is 16.2. The lowest BCUT2D eigenvalue weighted by Gasteiger charge is -2.30. The molecule has 6 heteroatoms. The van der Waals surface area contributed by atoms with Crippen molar-refractivity contribution in [3.8, 4) is 0 Å². The summed E-state index contributed by atoms with van der Waals surface area (Å²) in [6.45, 7) is 3.74. The Morgan fingerprint density at radius 1 is 0.960 bits per heavy atom. The molecule has 25 heavy (non-hydrogen) atoms. The zero-order chi connectivity index (χ0) is 17.4. The number of nitrogens with zero attached hydrogens (tertiary/aromatic N) is 2. The summed E-state index contributed by atoms with van der Waals surface area (Å²) in [5, 5.41) is 4.67. The van der Waals surface area contributed by atoms with Gasteiger partial charge in [0.2, 0.25) is 9.84 Å². The molecular formula is C19H21N3O2S. The molecule has 0 radical (unpaired) electrons. The molecule has 0 saturated carbocycles. The van der Waals surface area contributed by atoms with E-state index in [-0.39, 0.29) is 0 Å². The second kappa shape index (κ2) is 6.20. The molecule has 2 heterocycles. The number of piperazine rings is 1. The smallest absolute Gasteiger partial charge is 0.222 e. The maximum absolute atomic E-state index is 13.1. The van der Waals surface area contributed by atoms with E-state index in [0.717, 1.165) is 42.8 Å². The number of hydrogen-bond acceptors (Lipinski definition) is 4. The number of benzene rings is 2. The number of rotatable bonds is 3. The SMILES string of the molecule is Cn1c(S(=O)(=O)c2ccccc2)cc2c(N3CCNCC3)cccc21. The van der Waals surface area contributed by atoms with Crippen LogP contribution in [0, 0.1) is 0 Å². The number of sulfone groups is 1. The molecule has 1 fully saturated rings. The number of aromatic nitrogens is 1. The van der Waals surface area contributed by atoms with E-state index in [1.165, 1.54) is 0 Å². The third kappa shape index (κ3) is 2.71. The summed E-state index contributed by atoms with van der Waals surface area (Å²) in [4.78, 5) is 2.64. The third-order valence-electron chi connectivity index (χ3n) is 4.81. The summed E-state index contributed by atoms with van der Waals surface area (Å²) in [6, 6.07) is 16.5. The minimum Gasteiger partial charge on any atom is -0.368 e. The van der Waals surface area contributed by atoms with Crippen LogP contribution in [-0.2, 0) is 16.9 Å². The number of fused-ring (bicyclic) bond motifs is 1. The second-order valence-electron chi connectivity index (χ2n) is 6.31. The summed E-state index contributed by atoms with van der Waals surface area (Å²) < 4.78 is 27.9. The molecule has 5 nitrogen and oxygen atoms in total. The van der Waals surface area contributed by atoms with E-state index in [1.807, 2.05) is 31.3 Å². The Bertz CT molecular complexity index is 1000. The highest BCUT2D eigenvalue weighted by atomic mass is 32.2. The first-order valence-corrected chi connectivity index (χ1v) is 9.91. The molecule has 130 valence electrons. The molecule has 2 aromatic carbocycles. The Labute approximate surface area is 147 Å². The van der Waals surface area contributed by atoms with Crippen molar-refractivity contribution in [3.63, 3.8) is 0 Å². The van der Waals surface area contributed by atoms with Crippen LogP contribution in [0.1, 0.15) is 0 Å². The molecule has 0 unspecified atom stereocenters. The van der Waals surface area contributed by atoms with Crippen LogP contribution in [-0.4, -0.2) is 39.2 Å². The van der Waals surface area contributed by atoms with Crippen molar-refractivity contribution >= 4 is 26.4 Å². The van der Waals surface area contributed by atoms with Gasteiger partial charge >= 0.3 is 0 Å². The molecule has 1 aliphatic rings. The monoisotopic (exact) mass is 355 g/mol. The van der Waals surface area contributed by atoms with Gasteiger partial charge in [-0.05, 0) is 30.3 Å². The van der Waals surface area contributed by atoms with Crippen LogP contribution in [0.5, 0.6) is 0 Å². The van der Waals surface area contributed by atoms with Crippen LogP contribution in [0.15, 0.2) is 64.5 Å². The quantitative estimate of drug-likeness (QED) is 0.784. The van der Waals surface area contributed by atoms with Gasteiger partial charge in [-0.25, -0.2) is 8.42 Å². The zero-order valence-corrected chi connectivity index (χ0v) is 15.0. The Morgan fingerprint density at radius 2 is 1.68 bits per heavy atom. The fourth-order valence-corrected chi connectivity index (χ4v) is 4.97. The van der Waals surface area contributed by atoms with Crippen molar-refractivity contribution in [1.29, 1.82) is 0 Å². The Morgan fingerprint density at radius 3 is 2.40 bits per heavy atom. The van der Waals surface area contributed by atoms with E-state index in [1.54, 1.807) is 28.8 Å². The van der Waals surface area contributed by atoms with Crippen LogP contribution in [0.3, 0.4) is 0 Å². The maximum atomic E-state index is 13.1. The van der Waals surface area contributed by atoms with Gasteiger partial charge in [0.05, 0.1) is 10.4 Å². The van der Waals surface area contributed by atoms with E-state index in [0.29, 0.717) is 9.92 Å². The van der Waals surface area contributed by atoms with E-state index in [2.05, 4.69) is 16.3 Å². The van der Waals surface area contributed by atoms with Gasteiger partial charge in [-0.15, -0.1) is 0 Å². The van der Waals surface area contributed by atoms with E-state index >= 15 is 0 Å². The number of hydrogen-bond donors (Lipinski definition) is 1. The van der Waals surface area contributed by atoms with E-state index in [9.17, 15) is 8.42 Å². The standard InChI is InChI=1S/C19H21N3O2S/c1-21-17-8-5-9-18(22-12-10-20-11-13-22)16(17)14-19(21)25(23,24)15-6-3-2-4-7-15/h2-9,14,20H,10-13H2,1H3. The second-order valence-corrected chi connectivity index (χ2v) is 8.20. The van der Waals surface area contributed by atoms with Gasteiger partial charge < -0.3 is 14.8 Å². The van der Waals surface area contributed by atoms with Crippen molar-refractivity contribution in [2.24, 2.45) is 7.05 Å². The fraction of sp³-hybridized carbons (Fsp3) is 0.263. The van der Waals surface area contributed by atoms with Gasteiger partial charge in [-0.2, -0.15) is 0 Å². The third-order valence-corrected chi connectivity index (χ3v) is 6.64. The molecular weight excluding hydrogens is 334 g/mol. The minimum absolute atomic E-state index is 0.324. The normalized spacial score (nSPS) is 15.6. The van der Waals surface area contributed by atoms with E-state index in [4.69, 9.17) is 0 Å². The molecule has 3 aromatic rings. The van der Waals surface area contributed by atoms with Crippen molar-refractivity contribution in [2.75, 3.05) is 31.1 Å². The number of anilines is 1. The molecule has 1 aliphatic heterocycles. The lowest BCUT2D eigenvalue weighted by atomic mass is 10.2. The maximum Gasteiger partial charge on any atom is 0.222 e. The highest BCUT2D eigenvalue weighted by Crippen LogP contribution is 2.33. The Hall–Kier alpha value is -2.31. The topological polar surface area (TPSA) is 54.3 Å². The Balaban J connectivity index is 1.88. The number of aryl methyl sites for hydroxylation is 1. The van der Waals surface area contributed by atoms with Crippen LogP contribution >= 0.6 is 0 Å². The first-order valence-electron chi connectivity index (χ1n) is 8.43. The van der Waals surface area contributed by atoms with Crippen molar-refractivity contribution < 1.29 is 8.42 Å². The van der Waals surface area contributed by atoms with Gasteiger partial charge in [0.15, 0.2) is 0 Å². The van der Waals surface area contributed by atoms with Gasteiger partial charge in [0, 0.05) is 44.3 Å². The first-order chi connectivity index (χ1) is 12.1.